The van der Waals surface area contributed by atoms with E-state index in [2.05, 4.69) is 4.90 Å². The minimum Gasteiger partial charge on any atom is -0.379 e. The topological polar surface area (TPSA) is 55.6 Å². The lowest BCUT2D eigenvalue weighted by atomic mass is 10.1. The highest BCUT2D eigenvalue weighted by molar-refractivity contribution is 5.41. The second-order valence-electron chi connectivity index (χ2n) is 4.27. The van der Waals surface area contributed by atoms with Gasteiger partial charge in [-0.25, -0.2) is 0 Å². The third-order valence-corrected chi connectivity index (χ3v) is 2.97. The molecule has 0 unspecified atom stereocenters. The average Bonchev–Trinajstić information content (AvgIpc) is 2.30. The van der Waals surface area contributed by atoms with E-state index in [0.717, 1.165) is 44.0 Å². The van der Waals surface area contributed by atoms with Crippen LogP contribution in [0, 0.1) is 17.0 Å². The standard InChI is InChI=1S/C12H16N2O3/c1-10-8-11(2-3-12(10)14(15)16)9-13-4-6-17-7-5-13/h2-3,8H,4-7,9H2,1H3. The van der Waals surface area contributed by atoms with Crippen LogP contribution in [-0.2, 0) is 11.3 Å². The van der Waals surface area contributed by atoms with Crippen molar-refractivity contribution in [1.29, 1.82) is 0 Å². The molecule has 5 heteroatoms. The number of benzene rings is 1. The van der Waals surface area contributed by atoms with Crippen molar-refractivity contribution in [2.75, 3.05) is 26.3 Å². The quantitative estimate of drug-likeness (QED) is 0.592. The van der Waals surface area contributed by atoms with Crippen LogP contribution in [-0.4, -0.2) is 36.1 Å². The number of nitrogens with zero attached hydrogens (tertiary/aromatic N) is 2. The zero-order valence-corrected chi connectivity index (χ0v) is 9.89. The summed E-state index contributed by atoms with van der Waals surface area (Å²) in [6.07, 6.45) is 0. The first kappa shape index (κ1) is 12.0. The van der Waals surface area contributed by atoms with Gasteiger partial charge in [-0.05, 0) is 18.6 Å². The lowest BCUT2D eigenvalue weighted by molar-refractivity contribution is -0.385. The van der Waals surface area contributed by atoms with Gasteiger partial charge in [0.05, 0.1) is 18.1 Å². The molecule has 5 nitrogen and oxygen atoms in total. The zero-order valence-electron chi connectivity index (χ0n) is 9.89. The maximum Gasteiger partial charge on any atom is 0.272 e. The van der Waals surface area contributed by atoms with Crippen molar-refractivity contribution in [2.24, 2.45) is 0 Å². The van der Waals surface area contributed by atoms with E-state index in [1.54, 1.807) is 13.0 Å². The molecule has 17 heavy (non-hydrogen) atoms. The molecule has 1 heterocycles. The van der Waals surface area contributed by atoms with Gasteiger partial charge in [-0.15, -0.1) is 0 Å². The molecule has 0 radical (unpaired) electrons. The lowest BCUT2D eigenvalue weighted by Crippen LogP contribution is -2.35. The van der Waals surface area contributed by atoms with Crippen LogP contribution in [0.2, 0.25) is 0 Å². The van der Waals surface area contributed by atoms with E-state index >= 15 is 0 Å². The van der Waals surface area contributed by atoms with E-state index < -0.39 is 0 Å². The Morgan fingerprint density at radius 2 is 2.12 bits per heavy atom. The maximum atomic E-state index is 10.7. The molecule has 0 saturated carbocycles. The third-order valence-electron chi connectivity index (χ3n) is 2.97. The molecule has 2 rings (SSSR count). The normalized spacial score (nSPS) is 17.0. The van der Waals surface area contributed by atoms with E-state index in [1.807, 2.05) is 12.1 Å². The average molecular weight is 236 g/mol. The Kier molecular flexibility index (Phi) is 3.71. The number of rotatable bonds is 3. The van der Waals surface area contributed by atoms with Crippen LogP contribution < -0.4 is 0 Å². The van der Waals surface area contributed by atoms with Crippen molar-refractivity contribution in [3.63, 3.8) is 0 Å². The van der Waals surface area contributed by atoms with Crippen LogP contribution >= 0.6 is 0 Å². The van der Waals surface area contributed by atoms with Gasteiger partial charge in [-0.2, -0.15) is 0 Å². The number of hydrogen-bond acceptors (Lipinski definition) is 4. The molecule has 1 fully saturated rings. The van der Waals surface area contributed by atoms with Gasteiger partial charge < -0.3 is 4.74 Å². The summed E-state index contributed by atoms with van der Waals surface area (Å²) in [7, 11) is 0. The Balaban J connectivity index is 2.06. The Morgan fingerprint density at radius 3 is 2.71 bits per heavy atom. The molecule has 92 valence electrons. The van der Waals surface area contributed by atoms with E-state index in [9.17, 15) is 10.1 Å². The van der Waals surface area contributed by atoms with E-state index in [1.165, 1.54) is 0 Å². The summed E-state index contributed by atoms with van der Waals surface area (Å²) in [6.45, 7) is 6.01. The molecule has 1 aromatic carbocycles. The molecular weight excluding hydrogens is 220 g/mol. The summed E-state index contributed by atoms with van der Waals surface area (Å²) in [5.74, 6) is 0. The first-order valence-corrected chi connectivity index (χ1v) is 5.71. The van der Waals surface area contributed by atoms with Crippen molar-refractivity contribution >= 4 is 5.69 Å². The number of nitro groups is 1. The SMILES string of the molecule is Cc1cc(CN2CCOCC2)ccc1[N+](=O)[O-]. The van der Waals surface area contributed by atoms with Crippen LogP contribution in [0.1, 0.15) is 11.1 Å². The molecule has 1 aliphatic heterocycles. The Bertz CT molecular complexity index is 414. The molecule has 0 atom stereocenters. The minimum absolute atomic E-state index is 0.190. The van der Waals surface area contributed by atoms with Crippen LogP contribution in [0.15, 0.2) is 18.2 Å². The van der Waals surface area contributed by atoms with Gasteiger partial charge in [-0.3, -0.25) is 15.0 Å². The van der Waals surface area contributed by atoms with Crippen LogP contribution in [0.25, 0.3) is 0 Å². The van der Waals surface area contributed by atoms with E-state index in [0.29, 0.717) is 0 Å². The van der Waals surface area contributed by atoms with Gasteiger partial charge in [-0.1, -0.05) is 6.07 Å². The van der Waals surface area contributed by atoms with Crippen molar-refractivity contribution < 1.29 is 9.66 Å². The van der Waals surface area contributed by atoms with Gasteiger partial charge in [0.15, 0.2) is 0 Å². The van der Waals surface area contributed by atoms with Crippen molar-refractivity contribution in [2.45, 2.75) is 13.5 Å². The summed E-state index contributed by atoms with van der Waals surface area (Å²) >= 11 is 0. The third kappa shape index (κ3) is 3.01. The molecule has 1 aliphatic rings. The maximum absolute atomic E-state index is 10.7. The predicted octanol–water partition coefficient (Wildman–Crippen LogP) is 1.74. The smallest absolute Gasteiger partial charge is 0.272 e. The molecular formula is C12H16N2O3. The molecule has 0 bridgehead atoms. The minimum atomic E-state index is -0.339. The highest BCUT2D eigenvalue weighted by atomic mass is 16.6. The Morgan fingerprint density at radius 1 is 1.41 bits per heavy atom. The summed E-state index contributed by atoms with van der Waals surface area (Å²) in [5.41, 5.74) is 2.03. The van der Waals surface area contributed by atoms with Gasteiger partial charge in [0.25, 0.3) is 5.69 Å². The van der Waals surface area contributed by atoms with Crippen LogP contribution in [0.5, 0.6) is 0 Å². The number of hydrogen-bond donors (Lipinski definition) is 0. The van der Waals surface area contributed by atoms with Gasteiger partial charge in [0, 0.05) is 31.3 Å². The van der Waals surface area contributed by atoms with E-state index in [4.69, 9.17) is 4.74 Å². The Labute approximate surface area is 100 Å². The van der Waals surface area contributed by atoms with Gasteiger partial charge in [0.2, 0.25) is 0 Å². The fraction of sp³-hybridized carbons (Fsp3) is 0.500. The van der Waals surface area contributed by atoms with Gasteiger partial charge in [0.1, 0.15) is 0 Å². The van der Waals surface area contributed by atoms with Crippen LogP contribution in [0.4, 0.5) is 5.69 Å². The molecule has 0 amide bonds. The van der Waals surface area contributed by atoms with Crippen LogP contribution in [0.3, 0.4) is 0 Å². The largest absolute Gasteiger partial charge is 0.379 e. The predicted molar refractivity (Wildman–Crippen MR) is 63.9 cm³/mol. The molecule has 0 N–H and O–H groups in total. The molecule has 0 aliphatic carbocycles. The lowest BCUT2D eigenvalue weighted by Gasteiger charge is -2.26. The number of ether oxygens (including phenoxy) is 1. The van der Waals surface area contributed by atoms with Crippen molar-refractivity contribution in [3.05, 3.63) is 39.4 Å². The highest BCUT2D eigenvalue weighted by Crippen LogP contribution is 2.19. The number of nitro benzene ring substituents is 1. The molecule has 1 aromatic rings. The zero-order chi connectivity index (χ0) is 12.3. The summed E-state index contributed by atoms with van der Waals surface area (Å²) in [5, 5.41) is 10.7. The summed E-state index contributed by atoms with van der Waals surface area (Å²) < 4.78 is 5.28. The Hall–Kier alpha value is -1.46. The fourth-order valence-corrected chi connectivity index (χ4v) is 2.04. The summed E-state index contributed by atoms with van der Waals surface area (Å²) in [4.78, 5) is 12.7. The fourth-order valence-electron chi connectivity index (χ4n) is 2.04. The highest BCUT2D eigenvalue weighted by Gasteiger charge is 2.13. The molecule has 0 spiro atoms. The summed E-state index contributed by atoms with van der Waals surface area (Å²) in [6, 6.07) is 5.32. The molecule has 0 aromatic heterocycles. The molecule has 1 saturated heterocycles. The first-order valence-electron chi connectivity index (χ1n) is 5.71. The number of morpholine rings is 1. The monoisotopic (exact) mass is 236 g/mol. The van der Waals surface area contributed by atoms with Gasteiger partial charge >= 0.3 is 0 Å². The van der Waals surface area contributed by atoms with Crippen molar-refractivity contribution in [3.8, 4) is 0 Å². The number of aryl methyl sites for hydroxylation is 1. The van der Waals surface area contributed by atoms with Crippen molar-refractivity contribution in [1.82, 2.24) is 4.90 Å². The second-order valence-corrected chi connectivity index (χ2v) is 4.27. The van der Waals surface area contributed by atoms with E-state index in [-0.39, 0.29) is 10.6 Å². The second kappa shape index (κ2) is 5.25. The first-order chi connectivity index (χ1) is 8.16.